The fourth-order valence-electron chi connectivity index (χ4n) is 2.73. The van der Waals surface area contributed by atoms with Crippen LogP contribution < -0.4 is 5.32 Å². The van der Waals surface area contributed by atoms with Crippen molar-refractivity contribution in [2.24, 2.45) is 0 Å². The van der Waals surface area contributed by atoms with Gasteiger partial charge >= 0.3 is 0 Å². The van der Waals surface area contributed by atoms with E-state index in [0.29, 0.717) is 10.6 Å². The van der Waals surface area contributed by atoms with E-state index in [2.05, 4.69) is 5.32 Å². The number of imide groups is 1. The van der Waals surface area contributed by atoms with Crippen LogP contribution in [0.25, 0.3) is 0 Å². The van der Waals surface area contributed by atoms with E-state index in [4.69, 9.17) is 11.6 Å². The van der Waals surface area contributed by atoms with Crippen LogP contribution in [-0.2, 0) is 15.0 Å². The normalized spacial score (nSPS) is 21.9. The van der Waals surface area contributed by atoms with Gasteiger partial charge < -0.3 is 0 Å². The van der Waals surface area contributed by atoms with E-state index in [9.17, 15) is 9.59 Å². The van der Waals surface area contributed by atoms with E-state index < -0.39 is 5.41 Å². The maximum atomic E-state index is 12.5. The number of carbonyl (C=O) groups is 2. The monoisotopic (exact) mass is 285 g/mol. The third-order valence-corrected chi connectivity index (χ3v) is 4.00. The molecule has 20 heavy (non-hydrogen) atoms. The molecule has 0 saturated carbocycles. The maximum absolute atomic E-state index is 12.5. The van der Waals surface area contributed by atoms with Crippen LogP contribution in [-0.4, -0.2) is 11.8 Å². The lowest BCUT2D eigenvalue weighted by Crippen LogP contribution is -2.37. The molecule has 0 spiro atoms. The van der Waals surface area contributed by atoms with Gasteiger partial charge in [0.2, 0.25) is 11.8 Å². The number of nitrogens with one attached hydrogen (secondary N) is 1. The third kappa shape index (κ3) is 1.82. The molecule has 2 aromatic carbocycles. The standard InChI is InChI=1S/C16H12ClNO2/c17-13-9-5-4-8-12(13)16(10-14(19)18-15(16)20)11-6-2-1-3-7-11/h1-9H,10H2,(H,18,19,20)/t16-/m1/s1. The lowest BCUT2D eigenvalue weighted by molar-refractivity contribution is -0.125. The van der Waals surface area contributed by atoms with Gasteiger partial charge in [0.1, 0.15) is 5.41 Å². The number of carbonyl (C=O) groups excluding carboxylic acids is 2. The van der Waals surface area contributed by atoms with E-state index in [1.807, 2.05) is 36.4 Å². The summed E-state index contributed by atoms with van der Waals surface area (Å²) in [4.78, 5) is 24.2. The average molecular weight is 286 g/mol. The Morgan fingerprint density at radius 1 is 0.950 bits per heavy atom. The molecule has 1 atom stereocenters. The van der Waals surface area contributed by atoms with Crippen molar-refractivity contribution in [3.8, 4) is 0 Å². The molecule has 0 aliphatic carbocycles. The van der Waals surface area contributed by atoms with E-state index in [0.717, 1.165) is 5.56 Å². The van der Waals surface area contributed by atoms with Crippen LogP contribution in [0, 0.1) is 0 Å². The molecule has 1 saturated heterocycles. The quantitative estimate of drug-likeness (QED) is 0.862. The SMILES string of the molecule is O=C1C[C@@](c2ccccc2)(c2ccccc2Cl)C(=O)N1. The summed E-state index contributed by atoms with van der Waals surface area (Å²) in [5.41, 5.74) is 0.407. The first kappa shape index (κ1) is 12.9. The van der Waals surface area contributed by atoms with Gasteiger partial charge in [0.25, 0.3) is 0 Å². The maximum Gasteiger partial charge on any atom is 0.242 e. The minimum Gasteiger partial charge on any atom is -0.295 e. The van der Waals surface area contributed by atoms with Crippen molar-refractivity contribution in [2.45, 2.75) is 11.8 Å². The van der Waals surface area contributed by atoms with Crippen LogP contribution >= 0.6 is 11.6 Å². The second-order valence-electron chi connectivity index (χ2n) is 4.81. The minimum atomic E-state index is -1.03. The van der Waals surface area contributed by atoms with E-state index in [1.165, 1.54) is 0 Å². The van der Waals surface area contributed by atoms with Crippen LogP contribution in [0.4, 0.5) is 0 Å². The van der Waals surface area contributed by atoms with Crippen molar-refractivity contribution in [3.63, 3.8) is 0 Å². The van der Waals surface area contributed by atoms with Crippen molar-refractivity contribution in [3.05, 3.63) is 70.7 Å². The summed E-state index contributed by atoms with van der Waals surface area (Å²) in [5.74, 6) is -0.597. The number of halogens is 1. The van der Waals surface area contributed by atoms with Gasteiger partial charge in [-0.15, -0.1) is 0 Å². The Labute approximate surface area is 121 Å². The predicted molar refractivity (Wildman–Crippen MR) is 76.4 cm³/mol. The van der Waals surface area contributed by atoms with Crippen molar-refractivity contribution >= 4 is 23.4 Å². The van der Waals surface area contributed by atoms with Gasteiger partial charge in [0.05, 0.1) is 0 Å². The molecular formula is C16H12ClNO2. The van der Waals surface area contributed by atoms with Gasteiger partial charge in [-0.05, 0) is 17.2 Å². The predicted octanol–water partition coefficient (Wildman–Crippen LogP) is 2.67. The molecule has 0 aromatic heterocycles. The molecule has 4 heteroatoms. The van der Waals surface area contributed by atoms with Crippen molar-refractivity contribution in [1.29, 1.82) is 0 Å². The van der Waals surface area contributed by atoms with E-state index >= 15 is 0 Å². The van der Waals surface area contributed by atoms with E-state index in [1.54, 1.807) is 18.2 Å². The summed E-state index contributed by atoms with van der Waals surface area (Å²) in [6, 6.07) is 16.4. The van der Waals surface area contributed by atoms with Crippen LogP contribution in [0.5, 0.6) is 0 Å². The Hall–Kier alpha value is -2.13. The van der Waals surface area contributed by atoms with Crippen molar-refractivity contribution < 1.29 is 9.59 Å². The molecule has 0 radical (unpaired) electrons. The Morgan fingerprint density at radius 3 is 2.20 bits per heavy atom. The molecule has 100 valence electrons. The van der Waals surface area contributed by atoms with Gasteiger partial charge in [-0.1, -0.05) is 60.1 Å². The average Bonchev–Trinajstić information content (AvgIpc) is 2.76. The van der Waals surface area contributed by atoms with Crippen LogP contribution in [0.2, 0.25) is 5.02 Å². The van der Waals surface area contributed by atoms with E-state index in [-0.39, 0.29) is 18.2 Å². The summed E-state index contributed by atoms with van der Waals surface area (Å²) >= 11 is 6.27. The van der Waals surface area contributed by atoms with Crippen molar-refractivity contribution in [2.75, 3.05) is 0 Å². The van der Waals surface area contributed by atoms with Gasteiger partial charge in [-0.25, -0.2) is 0 Å². The highest BCUT2D eigenvalue weighted by atomic mass is 35.5. The first-order valence-corrected chi connectivity index (χ1v) is 6.67. The summed E-state index contributed by atoms with van der Waals surface area (Å²) in [5, 5.41) is 2.88. The zero-order chi connectivity index (χ0) is 14.2. The van der Waals surface area contributed by atoms with Gasteiger partial charge in [0, 0.05) is 11.4 Å². The number of benzene rings is 2. The lowest BCUT2D eigenvalue weighted by atomic mass is 9.73. The zero-order valence-electron chi connectivity index (χ0n) is 10.6. The summed E-state index contributed by atoms with van der Waals surface area (Å²) in [6.45, 7) is 0. The molecule has 2 amide bonds. The number of hydrogen-bond donors (Lipinski definition) is 1. The summed E-state index contributed by atoms with van der Waals surface area (Å²) < 4.78 is 0. The fraction of sp³-hybridized carbons (Fsp3) is 0.125. The molecule has 3 nitrogen and oxygen atoms in total. The number of hydrogen-bond acceptors (Lipinski definition) is 2. The molecular weight excluding hydrogens is 274 g/mol. The van der Waals surface area contributed by atoms with Crippen LogP contribution in [0.15, 0.2) is 54.6 Å². The van der Waals surface area contributed by atoms with Gasteiger partial charge in [-0.2, -0.15) is 0 Å². The topological polar surface area (TPSA) is 46.2 Å². The second-order valence-corrected chi connectivity index (χ2v) is 5.21. The molecule has 1 fully saturated rings. The Balaban J connectivity index is 2.28. The Kier molecular flexibility index (Phi) is 3.07. The highest BCUT2D eigenvalue weighted by Crippen LogP contribution is 2.42. The molecule has 3 rings (SSSR count). The smallest absolute Gasteiger partial charge is 0.242 e. The summed E-state index contributed by atoms with van der Waals surface area (Å²) in [6.07, 6.45) is 0.0829. The third-order valence-electron chi connectivity index (χ3n) is 3.67. The van der Waals surface area contributed by atoms with Crippen LogP contribution in [0.1, 0.15) is 17.5 Å². The Morgan fingerprint density at radius 2 is 1.60 bits per heavy atom. The molecule has 2 aromatic rings. The number of amides is 2. The Bertz CT molecular complexity index is 684. The van der Waals surface area contributed by atoms with Crippen molar-refractivity contribution in [1.82, 2.24) is 5.32 Å². The number of rotatable bonds is 2. The lowest BCUT2D eigenvalue weighted by Gasteiger charge is -2.27. The minimum absolute atomic E-state index is 0.0829. The first-order chi connectivity index (χ1) is 9.64. The fourth-order valence-corrected chi connectivity index (χ4v) is 3.03. The highest BCUT2D eigenvalue weighted by molar-refractivity contribution is 6.32. The summed E-state index contributed by atoms with van der Waals surface area (Å²) in [7, 11) is 0. The molecule has 1 N–H and O–H groups in total. The molecule has 1 aliphatic heterocycles. The molecule has 0 bridgehead atoms. The largest absolute Gasteiger partial charge is 0.295 e. The molecule has 0 unspecified atom stereocenters. The zero-order valence-corrected chi connectivity index (χ0v) is 11.4. The van der Waals surface area contributed by atoms with Gasteiger partial charge in [0.15, 0.2) is 0 Å². The highest BCUT2D eigenvalue weighted by Gasteiger charge is 2.50. The molecule has 1 aliphatic rings. The second kappa shape index (κ2) is 4.76. The first-order valence-electron chi connectivity index (χ1n) is 6.29. The van der Waals surface area contributed by atoms with Crippen LogP contribution in [0.3, 0.4) is 0 Å². The van der Waals surface area contributed by atoms with Gasteiger partial charge in [-0.3, -0.25) is 14.9 Å². The molecule has 1 heterocycles.